The van der Waals surface area contributed by atoms with Crippen LogP contribution in [0.3, 0.4) is 0 Å². The molecule has 4 rings (SSSR count). The van der Waals surface area contributed by atoms with Crippen LogP contribution in [-0.4, -0.2) is 27.7 Å². The van der Waals surface area contributed by atoms with Crippen LogP contribution in [0.25, 0.3) is 0 Å². The van der Waals surface area contributed by atoms with E-state index >= 15 is 0 Å². The fourth-order valence-electron chi connectivity index (χ4n) is 2.97. The molecule has 4 N–H and O–H groups in total. The van der Waals surface area contributed by atoms with Gasteiger partial charge in [-0.15, -0.1) is 0 Å². The van der Waals surface area contributed by atoms with Crippen LogP contribution in [-0.2, 0) is 0 Å². The number of aromatic nitrogens is 1. The highest BCUT2D eigenvalue weighted by molar-refractivity contribution is 6.30. The predicted octanol–water partition coefficient (Wildman–Crippen LogP) is 3.69. The molecule has 27 heavy (non-hydrogen) atoms. The normalized spacial score (nSPS) is 12.4. The van der Waals surface area contributed by atoms with Gasteiger partial charge in [0, 0.05) is 17.3 Å². The summed E-state index contributed by atoms with van der Waals surface area (Å²) < 4.78 is 0. The van der Waals surface area contributed by atoms with Crippen LogP contribution in [0.4, 0.5) is 17.2 Å². The number of pyridine rings is 1. The van der Waals surface area contributed by atoms with E-state index < -0.39 is 5.97 Å². The lowest BCUT2D eigenvalue weighted by Crippen LogP contribution is -2.36. The van der Waals surface area contributed by atoms with E-state index in [2.05, 4.69) is 10.3 Å². The van der Waals surface area contributed by atoms with Crippen LogP contribution < -0.4 is 10.2 Å². The third-order valence-electron chi connectivity index (χ3n) is 4.32. The second-order valence-corrected chi connectivity index (χ2v) is 5.96. The maximum atomic E-state index is 11.1. The lowest BCUT2D eigenvalue weighted by atomic mass is 10.1. The van der Waals surface area contributed by atoms with E-state index in [4.69, 9.17) is 15.9 Å². The van der Waals surface area contributed by atoms with Crippen LogP contribution in [0.15, 0.2) is 66.9 Å². The molecule has 1 aliphatic rings. The summed E-state index contributed by atoms with van der Waals surface area (Å²) >= 11 is 0. The number of anilines is 3. The number of hydrogen-bond acceptors (Lipinski definition) is 5. The molecule has 1 aromatic heterocycles. The van der Waals surface area contributed by atoms with Gasteiger partial charge in [-0.1, -0.05) is 24.3 Å². The zero-order chi connectivity index (χ0) is 19.0. The molecule has 0 atom stereocenters. The number of amidine groups is 2. The molecule has 0 unspecified atom stereocenters. The quantitative estimate of drug-likeness (QED) is 0.413. The zero-order valence-electron chi connectivity index (χ0n) is 14.1. The molecule has 132 valence electrons. The van der Waals surface area contributed by atoms with E-state index in [1.54, 1.807) is 30.5 Å². The summed E-state index contributed by atoms with van der Waals surface area (Å²) in [4.78, 5) is 16.9. The van der Waals surface area contributed by atoms with Crippen LogP contribution in [0.5, 0.6) is 0 Å². The Labute approximate surface area is 154 Å². The van der Waals surface area contributed by atoms with Crippen molar-refractivity contribution in [2.45, 2.75) is 0 Å². The third kappa shape index (κ3) is 2.81. The van der Waals surface area contributed by atoms with Crippen molar-refractivity contribution in [3.05, 3.63) is 83.6 Å². The van der Waals surface area contributed by atoms with Gasteiger partial charge >= 0.3 is 5.97 Å². The van der Waals surface area contributed by atoms with Crippen molar-refractivity contribution in [3.63, 3.8) is 0 Å². The number of carboxylic acid groups (broad SMARTS) is 1. The number of carbonyl (C=O) groups is 1. The van der Waals surface area contributed by atoms with E-state index in [0.29, 0.717) is 22.6 Å². The largest absolute Gasteiger partial charge is 0.478 e. The molecule has 0 fully saturated rings. The first kappa shape index (κ1) is 16.5. The summed E-state index contributed by atoms with van der Waals surface area (Å²) in [5, 5.41) is 29.7. The number of nitrogens with one attached hydrogen (secondary N) is 3. The average molecular weight is 357 g/mol. The Morgan fingerprint density at radius 2 is 1.70 bits per heavy atom. The van der Waals surface area contributed by atoms with Gasteiger partial charge in [-0.25, -0.2) is 9.78 Å². The minimum absolute atomic E-state index is 0.0599. The minimum atomic E-state index is -1.02. The van der Waals surface area contributed by atoms with Crippen LogP contribution in [0.2, 0.25) is 0 Å². The smallest absolute Gasteiger partial charge is 0.335 e. The summed E-state index contributed by atoms with van der Waals surface area (Å²) in [5.41, 5.74) is 2.60. The first-order chi connectivity index (χ1) is 13.1. The van der Waals surface area contributed by atoms with Gasteiger partial charge in [-0.05, 0) is 36.4 Å². The third-order valence-corrected chi connectivity index (χ3v) is 4.32. The average Bonchev–Trinajstić information content (AvgIpc) is 2.81. The molecule has 0 spiro atoms. The molecule has 0 radical (unpaired) electrons. The first-order valence-electron chi connectivity index (χ1n) is 8.18. The molecule has 7 heteroatoms. The number of rotatable bonds is 2. The summed E-state index contributed by atoms with van der Waals surface area (Å²) in [7, 11) is 0. The standard InChI is InChI=1S/C20H15N5O2/c21-17(12-7-9-13(10-8-12)20(26)27)25-16-6-3-11-23-19(16)24-15-5-2-1-4-14(15)18(25)22/h1-11,21-22H,(H,23,24)(H,26,27). The summed E-state index contributed by atoms with van der Waals surface area (Å²) in [6.45, 7) is 0. The van der Waals surface area contributed by atoms with Gasteiger partial charge in [0.1, 0.15) is 11.7 Å². The fourth-order valence-corrected chi connectivity index (χ4v) is 2.97. The van der Waals surface area contributed by atoms with Gasteiger partial charge in [0.15, 0.2) is 5.82 Å². The number of carboxylic acids is 1. The molecule has 7 nitrogen and oxygen atoms in total. The summed E-state index contributed by atoms with van der Waals surface area (Å²) in [6.07, 6.45) is 1.65. The Balaban J connectivity index is 1.83. The molecule has 0 bridgehead atoms. The van der Waals surface area contributed by atoms with Crippen molar-refractivity contribution in [1.82, 2.24) is 4.98 Å². The Morgan fingerprint density at radius 3 is 2.44 bits per heavy atom. The first-order valence-corrected chi connectivity index (χ1v) is 8.18. The van der Waals surface area contributed by atoms with Crippen molar-refractivity contribution < 1.29 is 9.90 Å². The van der Waals surface area contributed by atoms with E-state index in [0.717, 1.165) is 5.69 Å². The Morgan fingerprint density at radius 1 is 1.00 bits per heavy atom. The number of nitrogens with zero attached hydrogens (tertiary/aromatic N) is 2. The topological polar surface area (TPSA) is 113 Å². The number of fused-ring (bicyclic) bond motifs is 2. The van der Waals surface area contributed by atoms with Crippen molar-refractivity contribution >= 4 is 34.8 Å². The van der Waals surface area contributed by atoms with Gasteiger partial charge < -0.3 is 10.4 Å². The highest BCUT2D eigenvalue weighted by Gasteiger charge is 2.28. The van der Waals surface area contributed by atoms with Crippen molar-refractivity contribution in [1.29, 1.82) is 10.8 Å². The zero-order valence-corrected chi connectivity index (χ0v) is 14.1. The van der Waals surface area contributed by atoms with Crippen LogP contribution in [0, 0.1) is 10.8 Å². The number of aromatic carboxylic acids is 1. The predicted molar refractivity (Wildman–Crippen MR) is 103 cm³/mol. The van der Waals surface area contributed by atoms with Gasteiger partial charge in [0.25, 0.3) is 0 Å². The van der Waals surface area contributed by atoms with Gasteiger partial charge in [0.05, 0.1) is 16.9 Å². The van der Waals surface area contributed by atoms with Crippen LogP contribution in [0.1, 0.15) is 21.5 Å². The molecule has 0 aliphatic carbocycles. The van der Waals surface area contributed by atoms with Crippen LogP contribution >= 0.6 is 0 Å². The Bertz CT molecular complexity index is 1080. The van der Waals surface area contributed by atoms with E-state index in [9.17, 15) is 4.79 Å². The maximum absolute atomic E-state index is 11.1. The van der Waals surface area contributed by atoms with Crippen molar-refractivity contribution in [2.75, 3.05) is 10.2 Å². The molecule has 0 amide bonds. The molecule has 2 heterocycles. The maximum Gasteiger partial charge on any atom is 0.335 e. The second-order valence-electron chi connectivity index (χ2n) is 5.96. The van der Waals surface area contributed by atoms with Crippen molar-refractivity contribution in [2.24, 2.45) is 0 Å². The molecule has 1 aliphatic heterocycles. The highest BCUT2D eigenvalue weighted by atomic mass is 16.4. The molecular formula is C20H15N5O2. The van der Waals surface area contributed by atoms with E-state index in [-0.39, 0.29) is 17.2 Å². The molecule has 0 saturated heterocycles. The van der Waals surface area contributed by atoms with E-state index in [1.807, 2.05) is 24.3 Å². The van der Waals surface area contributed by atoms with Gasteiger partial charge in [-0.2, -0.15) is 0 Å². The summed E-state index contributed by atoms with van der Waals surface area (Å²) in [6, 6.07) is 16.9. The number of para-hydroxylation sites is 1. The lowest BCUT2D eigenvalue weighted by Gasteiger charge is -2.25. The fraction of sp³-hybridized carbons (Fsp3) is 0. The highest BCUT2D eigenvalue weighted by Crippen LogP contribution is 2.34. The Hall–Kier alpha value is -4.00. The molecular weight excluding hydrogens is 342 g/mol. The summed E-state index contributed by atoms with van der Waals surface area (Å²) in [5.74, 6) is -0.288. The lowest BCUT2D eigenvalue weighted by molar-refractivity contribution is 0.0697. The number of benzene rings is 2. The molecule has 2 aromatic carbocycles. The van der Waals surface area contributed by atoms with Crippen molar-refractivity contribution in [3.8, 4) is 0 Å². The monoisotopic (exact) mass is 357 g/mol. The SMILES string of the molecule is N=C(c1ccc(C(=O)O)cc1)N1C(=N)c2ccccc2Nc2ncccc21. The number of hydrogen-bond donors (Lipinski definition) is 4. The van der Waals surface area contributed by atoms with Gasteiger partial charge in [-0.3, -0.25) is 15.7 Å². The van der Waals surface area contributed by atoms with Gasteiger partial charge in [0.2, 0.25) is 0 Å². The second kappa shape index (κ2) is 6.38. The molecule has 3 aromatic rings. The molecule has 0 saturated carbocycles. The van der Waals surface area contributed by atoms with E-state index in [1.165, 1.54) is 17.0 Å². The Kier molecular flexibility index (Phi) is 3.89. The minimum Gasteiger partial charge on any atom is -0.478 e.